The van der Waals surface area contributed by atoms with Crippen LogP contribution >= 0.6 is 0 Å². The first-order valence-electron chi connectivity index (χ1n) is 11.4. The smallest absolute Gasteiger partial charge is 0.341 e. The Kier molecular flexibility index (Phi) is 7.02. The number of pyridine rings is 1. The van der Waals surface area contributed by atoms with E-state index in [1.54, 1.807) is 6.92 Å². The number of aryl methyl sites for hydroxylation is 1. The van der Waals surface area contributed by atoms with Crippen molar-refractivity contribution in [1.29, 1.82) is 0 Å². The van der Waals surface area contributed by atoms with Gasteiger partial charge in [0.1, 0.15) is 17.1 Å². The molecular weight excluding hydrogens is 510 g/mol. The molecule has 3 aromatic rings. The number of carbonyl (C=O) groups excluding carboxylic acids is 1. The maximum atomic E-state index is 15.6. The molecule has 37 heavy (non-hydrogen) atoms. The van der Waals surface area contributed by atoms with Gasteiger partial charge in [-0.2, -0.15) is 4.31 Å². The minimum absolute atomic E-state index is 0.0133. The van der Waals surface area contributed by atoms with Crippen molar-refractivity contribution in [3.05, 3.63) is 63.9 Å². The third-order valence-corrected chi connectivity index (χ3v) is 8.08. The molecule has 196 valence electrons. The molecule has 0 atom stereocenters. The summed E-state index contributed by atoms with van der Waals surface area (Å²) in [5.41, 5.74) is -1.77. The van der Waals surface area contributed by atoms with E-state index in [2.05, 4.69) is 5.32 Å². The van der Waals surface area contributed by atoms with Gasteiger partial charge in [0, 0.05) is 51.5 Å². The van der Waals surface area contributed by atoms with E-state index >= 15 is 8.78 Å². The van der Waals surface area contributed by atoms with E-state index in [0.717, 1.165) is 12.3 Å². The minimum atomic E-state index is -3.89. The number of piperazine rings is 1. The van der Waals surface area contributed by atoms with Gasteiger partial charge < -0.3 is 19.9 Å². The van der Waals surface area contributed by atoms with Gasteiger partial charge in [-0.05, 0) is 37.3 Å². The number of hydrogen-bond donors (Lipinski definition) is 2. The molecule has 1 fully saturated rings. The number of carbonyl (C=O) groups is 2. The molecule has 2 N–H and O–H groups in total. The van der Waals surface area contributed by atoms with Gasteiger partial charge in [-0.1, -0.05) is 0 Å². The molecule has 4 rings (SSSR count). The predicted octanol–water partition coefficient (Wildman–Crippen LogP) is 2.47. The van der Waals surface area contributed by atoms with E-state index in [1.807, 2.05) is 0 Å². The van der Waals surface area contributed by atoms with Crippen molar-refractivity contribution < 1.29 is 31.9 Å². The number of nitrogens with zero attached hydrogens (tertiary/aromatic N) is 3. The highest BCUT2D eigenvalue weighted by molar-refractivity contribution is 7.89. The van der Waals surface area contributed by atoms with Gasteiger partial charge >= 0.3 is 5.97 Å². The number of anilines is 2. The summed E-state index contributed by atoms with van der Waals surface area (Å²) in [4.78, 5) is 36.5. The predicted molar refractivity (Wildman–Crippen MR) is 132 cm³/mol. The number of hydrogen-bond acceptors (Lipinski definition) is 6. The number of rotatable bonds is 6. The molecule has 2 aromatic carbocycles. The Morgan fingerprint density at radius 3 is 2.24 bits per heavy atom. The third kappa shape index (κ3) is 4.79. The highest BCUT2D eigenvalue weighted by Gasteiger charge is 2.32. The number of aromatic nitrogens is 1. The normalized spacial score (nSPS) is 14.6. The number of amides is 1. The molecule has 1 aliphatic rings. The molecule has 0 aliphatic carbocycles. The van der Waals surface area contributed by atoms with Crippen LogP contribution in [-0.2, 0) is 21.4 Å². The van der Waals surface area contributed by atoms with Crippen LogP contribution in [0.5, 0.6) is 0 Å². The summed E-state index contributed by atoms with van der Waals surface area (Å²) in [7, 11) is -3.89. The molecule has 13 heteroatoms. The van der Waals surface area contributed by atoms with E-state index in [9.17, 15) is 27.9 Å². The summed E-state index contributed by atoms with van der Waals surface area (Å²) in [6, 6.07) is 6.49. The van der Waals surface area contributed by atoms with E-state index in [0.29, 0.717) is 5.69 Å². The fourth-order valence-corrected chi connectivity index (χ4v) is 5.81. The number of carboxylic acid groups (broad SMARTS) is 1. The lowest BCUT2D eigenvalue weighted by Crippen LogP contribution is -2.49. The van der Waals surface area contributed by atoms with Crippen LogP contribution in [0, 0.1) is 11.6 Å². The SMILES string of the molecule is CCn1cc(C(=O)O)c(=O)c2cc(F)c(N3CCN(S(=O)(=O)c4ccc(NC(C)=O)cc4)CC3)c(F)c21. The number of aromatic carboxylic acids is 1. The Hall–Kier alpha value is -3.84. The number of halogens is 2. The van der Waals surface area contributed by atoms with Crippen LogP contribution in [-0.4, -0.2) is 60.5 Å². The number of fused-ring (bicyclic) bond motifs is 1. The summed E-state index contributed by atoms with van der Waals surface area (Å²) >= 11 is 0. The molecule has 0 saturated carbocycles. The Morgan fingerprint density at radius 2 is 1.70 bits per heavy atom. The van der Waals surface area contributed by atoms with Crippen molar-refractivity contribution in [1.82, 2.24) is 8.87 Å². The van der Waals surface area contributed by atoms with E-state index in [-0.39, 0.29) is 54.4 Å². The highest BCUT2D eigenvalue weighted by atomic mass is 32.2. The standard InChI is InChI=1S/C24H24F2N4O6S/c1-3-28-13-18(24(33)34)23(32)17-12-19(25)22(20(26)21(17)28)29-8-10-30(11-9-29)37(35,36)16-6-4-15(5-7-16)27-14(2)31/h4-7,12-13H,3,8-11H2,1-2H3,(H,27,31)(H,33,34). The molecule has 0 bridgehead atoms. The molecule has 1 amide bonds. The quantitative estimate of drug-likeness (QED) is 0.497. The molecule has 1 saturated heterocycles. The molecule has 10 nitrogen and oxygen atoms in total. The van der Waals surface area contributed by atoms with Crippen molar-refractivity contribution in [3.63, 3.8) is 0 Å². The lowest BCUT2D eigenvalue weighted by molar-refractivity contribution is -0.114. The second-order valence-electron chi connectivity index (χ2n) is 8.48. The van der Waals surface area contributed by atoms with E-state index in [1.165, 1.54) is 45.0 Å². The van der Waals surface area contributed by atoms with Gasteiger partial charge in [0.15, 0.2) is 5.82 Å². The molecular formula is C24H24F2N4O6S. The van der Waals surface area contributed by atoms with Crippen LogP contribution in [0.3, 0.4) is 0 Å². The van der Waals surface area contributed by atoms with Crippen molar-refractivity contribution in [2.45, 2.75) is 25.3 Å². The Morgan fingerprint density at radius 1 is 1.08 bits per heavy atom. The molecule has 0 radical (unpaired) electrons. The first kappa shape index (κ1) is 26.2. The maximum absolute atomic E-state index is 15.6. The zero-order valence-electron chi connectivity index (χ0n) is 20.0. The van der Waals surface area contributed by atoms with Crippen LogP contribution < -0.4 is 15.6 Å². The van der Waals surface area contributed by atoms with Crippen LogP contribution in [0.25, 0.3) is 10.9 Å². The van der Waals surface area contributed by atoms with Gasteiger partial charge in [-0.3, -0.25) is 9.59 Å². The van der Waals surface area contributed by atoms with Gasteiger partial charge in [0.05, 0.1) is 15.8 Å². The van der Waals surface area contributed by atoms with Crippen LogP contribution in [0.15, 0.2) is 46.2 Å². The topological polar surface area (TPSA) is 129 Å². The Balaban J connectivity index is 1.62. The number of nitrogens with one attached hydrogen (secondary N) is 1. The second-order valence-corrected chi connectivity index (χ2v) is 10.4. The highest BCUT2D eigenvalue weighted by Crippen LogP contribution is 2.31. The van der Waals surface area contributed by atoms with Gasteiger partial charge in [-0.25, -0.2) is 22.0 Å². The van der Waals surface area contributed by atoms with E-state index in [4.69, 9.17) is 0 Å². The molecule has 1 aliphatic heterocycles. The van der Waals surface area contributed by atoms with Crippen molar-refractivity contribution in [2.75, 3.05) is 36.4 Å². The van der Waals surface area contributed by atoms with Crippen LogP contribution in [0.1, 0.15) is 24.2 Å². The van der Waals surface area contributed by atoms with Crippen molar-refractivity contribution in [3.8, 4) is 0 Å². The summed E-state index contributed by atoms with van der Waals surface area (Å²) in [6.07, 6.45) is 1.03. The number of benzene rings is 2. The van der Waals surface area contributed by atoms with Crippen LogP contribution in [0.4, 0.5) is 20.2 Å². The average Bonchev–Trinajstić information content (AvgIpc) is 2.84. The van der Waals surface area contributed by atoms with Crippen molar-refractivity contribution >= 4 is 44.2 Å². The average molecular weight is 535 g/mol. The Bertz CT molecular complexity index is 1560. The summed E-state index contributed by atoms with van der Waals surface area (Å²) in [5, 5.41) is 11.5. The zero-order chi connectivity index (χ0) is 27.1. The van der Waals surface area contributed by atoms with Gasteiger partial charge in [0.2, 0.25) is 21.4 Å². The lowest BCUT2D eigenvalue weighted by Gasteiger charge is -2.35. The van der Waals surface area contributed by atoms with Crippen molar-refractivity contribution in [2.24, 2.45) is 0 Å². The first-order chi connectivity index (χ1) is 17.4. The largest absolute Gasteiger partial charge is 0.477 e. The lowest BCUT2D eigenvalue weighted by atomic mass is 10.1. The number of sulfonamides is 1. The second kappa shape index (κ2) is 9.90. The molecule has 1 aromatic heterocycles. The summed E-state index contributed by atoms with van der Waals surface area (Å²) in [6.45, 7) is 2.95. The van der Waals surface area contributed by atoms with Gasteiger partial charge in [0.25, 0.3) is 0 Å². The van der Waals surface area contributed by atoms with Gasteiger partial charge in [-0.15, -0.1) is 0 Å². The molecule has 0 unspecified atom stereocenters. The fraction of sp³-hybridized carbons (Fsp3) is 0.292. The monoisotopic (exact) mass is 534 g/mol. The zero-order valence-corrected chi connectivity index (χ0v) is 20.8. The van der Waals surface area contributed by atoms with E-state index < -0.39 is 44.3 Å². The summed E-state index contributed by atoms with van der Waals surface area (Å²) < 4.78 is 59.3. The third-order valence-electron chi connectivity index (χ3n) is 6.17. The Labute approximate surface area is 210 Å². The molecule has 0 spiro atoms. The fourth-order valence-electron chi connectivity index (χ4n) is 4.38. The first-order valence-corrected chi connectivity index (χ1v) is 12.8. The molecule has 2 heterocycles. The van der Waals surface area contributed by atoms with Crippen LogP contribution in [0.2, 0.25) is 0 Å². The number of carboxylic acids is 1. The maximum Gasteiger partial charge on any atom is 0.341 e. The minimum Gasteiger partial charge on any atom is -0.477 e. The summed E-state index contributed by atoms with van der Waals surface area (Å²) in [5.74, 6) is -3.85.